The number of H-pyrrole nitrogens is 1. The Morgan fingerprint density at radius 2 is 2.19 bits per heavy atom. The number of anilines is 2. The number of aromatic amines is 1. The van der Waals surface area contributed by atoms with Gasteiger partial charge in [0.1, 0.15) is 0 Å². The van der Waals surface area contributed by atoms with Crippen LogP contribution in [0.1, 0.15) is 30.1 Å². The molecule has 4 rings (SSSR count). The van der Waals surface area contributed by atoms with Gasteiger partial charge < -0.3 is 19.9 Å². The predicted molar refractivity (Wildman–Crippen MR) is 104 cm³/mol. The van der Waals surface area contributed by atoms with Crippen molar-refractivity contribution in [2.45, 2.75) is 25.7 Å². The van der Waals surface area contributed by atoms with E-state index in [2.05, 4.69) is 31.4 Å². The number of nitrogens with one attached hydrogen (secondary N) is 3. The smallest absolute Gasteiger partial charge is 0.236 e. The molecular formula is C19H25N7O. The summed E-state index contributed by atoms with van der Waals surface area (Å²) in [7, 11) is 1.80. The van der Waals surface area contributed by atoms with Crippen molar-refractivity contribution >= 4 is 23.1 Å². The maximum absolute atomic E-state index is 12.1. The van der Waals surface area contributed by atoms with Gasteiger partial charge in [0.05, 0.1) is 17.8 Å². The third kappa shape index (κ3) is 3.66. The van der Waals surface area contributed by atoms with Crippen LogP contribution in [0.25, 0.3) is 5.52 Å². The molecule has 8 heteroatoms. The number of hydrogen-bond donors (Lipinski definition) is 3. The maximum Gasteiger partial charge on any atom is 0.236 e. The molecule has 1 aliphatic heterocycles. The van der Waals surface area contributed by atoms with Crippen molar-refractivity contribution in [3.63, 3.8) is 0 Å². The summed E-state index contributed by atoms with van der Waals surface area (Å²) in [6, 6.07) is 6.01. The molecule has 0 atom stereocenters. The number of likely N-dealkylation sites (tertiary alicyclic amines) is 1. The van der Waals surface area contributed by atoms with Gasteiger partial charge in [-0.25, -0.2) is 4.98 Å². The standard InChI is InChI=1S/C19H25N7O/c1-13-10-17(24-23-13)22-19-16-4-3-7-26(16)12-15(21-19)14-5-8-25(9-6-14)18(27)11-20-2/h3-4,7,10,12,14,20H,5-6,8-9,11H2,1-2H3,(H2,21,22,23,24). The van der Waals surface area contributed by atoms with Gasteiger partial charge in [0.2, 0.25) is 5.91 Å². The second-order valence-corrected chi connectivity index (χ2v) is 7.06. The number of fused-ring (bicyclic) bond motifs is 1. The summed E-state index contributed by atoms with van der Waals surface area (Å²) < 4.78 is 2.10. The van der Waals surface area contributed by atoms with Gasteiger partial charge in [-0.2, -0.15) is 5.10 Å². The highest BCUT2D eigenvalue weighted by molar-refractivity contribution is 5.78. The number of carbonyl (C=O) groups excluding carboxylic acids is 1. The quantitative estimate of drug-likeness (QED) is 0.642. The third-order valence-electron chi connectivity index (χ3n) is 5.08. The number of aryl methyl sites for hydroxylation is 1. The molecule has 0 spiro atoms. The molecule has 1 saturated heterocycles. The van der Waals surface area contributed by atoms with Crippen molar-refractivity contribution in [1.29, 1.82) is 0 Å². The van der Waals surface area contributed by atoms with Crippen molar-refractivity contribution in [2.24, 2.45) is 0 Å². The van der Waals surface area contributed by atoms with Gasteiger partial charge in [-0.1, -0.05) is 0 Å². The topological polar surface area (TPSA) is 90.3 Å². The van der Waals surface area contributed by atoms with E-state index < -0.39 is 0 Å². The minimum Gasteiger partial charge on any atom is -0.342 e. The van der Waals surface area contributed by atoms with Crippen LogP contribution in [0.4, 0.5) is 11.6 Å². The van der Waals surface area contributed by atoms with E-state index in [1.165, 1.54) is 0 Å². The Labute approximate surface area is 158 Å². The van der Waals surface area contributed by atoms with E-state index in [-0.39, 0.29) is 5.91 Å². The lowest BCUT2D eigenvalue weighted by molar-refractivity contribution is -0.131. The molecule has 142 valence electrons. The van der Waals surface area contributed by atoms with Crippen LogP contribution in [0.3, 0.4) is 0 Å². The molecule has 3 N–H and O–H groups in total. The van der Waals surface area contributed by atoms with Crippen LogP contribution in [0, 0.1) is 6.92 Å². The Balaban J connectivity index is 1.55. The number of hydrogen-bond acceptors (Lipinski definition) is 5. The number of rotatable bonds is 5. The molecule has 0 radical (unpaired) electrons. The molecule has 3 aromatic rings. The Morgan fingerprint density at radius 3 is 2.89 bits per heavy atom. The molecule has 0 bridgehead atoms. The van der Waals surface area contributed by atoms with E-state index >= 15 is 0 Å². The molecular weight excluding hydrogens is 342 g/mol. The van der Waals surface area contributed by atoms with Gasteiger partial charge in [-0.05, 0) is 38.9 Å². The summed E-state index contributed by atoms with van der Waals surface area (Å²) in [5, 5.41) is 13.5. The summed E-state index contributed by atoms with van der Waals surface area (Å²) >= 11 is 0. The van der Waals surface area contributed by atoms with E-state index in [0.717, 1.165) is 54.5 Å². The van der Waals surface area contributed by atoms with E-state index in [9.17, 15) is 4.79 Å². The van der Waals surface area contributed by atoms with Crippen LogP contribution in [-0.4, -0.2) is 57.1 Å². The average Bonchev–Trinajstić information content (AvgIpc) is 3.31. The Bertz CT molecular complexity index is 937. The third-order valence-corrected chi connectivity index (χ3v) is 5.08. The Hall–Kier alpha value is -2.87. The first-order valence-electron chi connectivity index (χ1n) is 9.33. The summed E-state index contributed by atoms with van der Waals surface area (Å²) in [5.74, 6) is 2.07. The fourth-order valence-corrected chi connectivity index (χ4v) is 3.64. The fraction of sp³-hybridized carbons (Fsp3) is 0.421. The maximum atomic E-state index is 12.1. The SMILES string of the molecule is CNCC(=O)N1CCC(c2cn3cccc3c(Nc3cc(C)[nH]n3)n2)CC1. The number of aromatic nitrogens is 4. The van der Waals surface area contributed by atoms with Crippen LogP contribution in [-0.2, 0) is 4.79 Å². The molecule has 0 saturated carbocycles. The minimum atomic E-state index is 0.168. The molecule has 1 amide bonds. The van der Waals surface area contributed by atoms with E-state index in [0.29, 0.717) is 12.5 Å². The van der Waals surface area contributed by atoms with Crippen molar-refractivity contribution in [2.75, 3.05) is 32.0 Å². The number of likely N-dealkylation sites (N-methyl/N-ethyl adjacent to an activating group) is 1. The lowest BCUT2D eigenvalue weighted by Crippen LogP contribution is -2.42. The summed E-state index contributed by atoms with van der Waals surface area (Å²) in [6.07, 6.45) is 5.99. The summed E-state index contributed by atoms with van der Waals surface area (Å²) in [6.45, 7) is 3.92. The normalized spacial score (nSPS) is 15.4. The lowest BCUT2D eigenvalue weighted by atomic mass is 9.93. The first-order valence-corrected chi connectivity index (χ1v) is 9.33. The zero-order chi connectivity index (χ0) is 18.8. The molecule has 3 aromatic heterocycles. The number of amides is 1. The second kappa shape index (κ2) is 7.40. The van der Waals surface area contributed by atoms with Crippen LogP contribution in [0.15, 0.2) is 30.6 Å². The summed E-state index contributed by atoms with van der Waals surface area (Å²) in [4.78, 5) is 18.9. The van der Waals surface area contributed by atoms with Crippen molar-refractivity contribution in [3.05, 3.63) is 42.0 Å². The first kappa shape index (κ1) is 17.5. The van der Waals surface area contributed by atoms with Gasteiger partial charge in [0.15, 0.2) is 11.6 Å². The van der Waals surface area contributed by atoms with E-state index in [1.807, 2.05) is 36.2 Å². The fourth-order valence-electron chi connectivity index (χ4n) is 3.64. The molecule has 8 nitrogen and oxygen atoms in total. The highest BCUT2D eigenvalue weighted by Crippen LogP contribution is 2.30. The lowest BCUT2D eigenvalue weighted by Gasteiger charge is -2.32. The van der Waals surface area contributed by atoms with Crippen LogP contribution in [0.5, 0.6) is 0 Å². The predicted octanol–water partition coefficient (Wildman–Crippen LogP) is 2.03. The van der Waals surface area contributed by atoms with Gasteiger partial charge in [0.25, 0.3) is 0 Å². The number of nitrogens with zero attached hydrogens (tertiary/aromatic N) is 4. The van der Waals surface area contributed by atoms with E-state index in [4.69, 9.17) is 4.98 Å². The number of piperidine rings is 1. The van der Waals surface area contributed by atoms with Crippen LogP contribution < -0.4 is 10.6 Å². The van der Waals surface area contributed by atoms with E-state index in [1.54, 1.807) is 7.05 Å². The van der Waals surface area contributed by atoms with Gasteiger partial charge in [-0.15, -0.1) is 0 Å². The van der Waals surface area contributed by atoms with Gasteiger partial charge in [0, 0.05) is 43.2 Å². The Kier molecular flexibility index (Phi) is 4.81. The zero-order valence-corrected chi connectivity index (χ0v) is 15.7. The zero-order valence-electron chi connectivity index (χ0n) is 15.7. The molecule has 0 aliphatic carbocycles. The van der Waals surface area contributed by atoms with Crippen molar-refractivity contribution in [1.82, 2.24) is 29.8 Å². The van der Waals surface area contributed by atoms with Crippen molar-refractivity contribution < 1.29 is 4.79 Å². The first-order chi connectivity index (χ1) is 13.1. The minimum absolute atomic E-state index is 0.168. The highest BCUT2D eigenvalue weighted by Gasteiger charge is 2.25. The Morgan fingerprint density at radius 1 is 1.37 bits per heavy atom. The molecule has 4 heterocycles. The highest BCUT2D eigenvalue weighted by atomic mass is 16.2. The van der Waals surface area contributed by atoms with Crippen LogP contribution >= 0.6 is 0 Å². The molecule has 1 fully saturated rings. The van der Waals surface area contributed by atoms with Gasteiger partial charge in [-0.3, -0.25) is 9.89 Å². The molecule has 27 heavy (non-hydrogen) atoms. The monoisotopic (exact) mass is 367 g/mol. The van der Waals surface area contributed by atoms with Crippen molar-refractivity contribution in [3.8, 4) is 0 Å². The molecule has 0 aromatic carbocycles. The molecule has 0 unspecified atom stereocenters. The largest absolute Gasteiger partial charge is 0.342 e. The average molecular weight is 367 g/mol. The molecule has 1 aliphatic rings. The number of carbonyl (C=O) groups is 1. The van der Waals surface area contributed by atoms with Gasteiger partial charge >= 0.3 is 0 Å². The second-order valence-electron chi connectivity index (χ2n) is 7.06. The van der Waals surface area contributed by atoms with Crippen LogP contribution in [0.2, 0.25) is 0 Å². The summed E-state index contributed by atoms with van der Waals surface area (Å²) in [5.41, 5.74) is 3.06.